The molecule has 0 fully saturated rings. The lowest BCUT2D eigenvalue weighted by molar-refractivity contribution is 0.111. The summed E-state index contributed by atoms with van der Waals surface area (Å²) in [7, 11) is 0. The Labute approximate surface area is 106 Å². The first-order valence-corrected chi connectivity index (χ1v) is 6.37. The minimum atomic E-state index is 0.487. The van der Waals surface area contributed by atoms with Crippen molar-refractivity contribution in [1.82, 2.24) is 0 Å². The lowest BCUT2D eigenvalue weighted by atomic mass is 10.2. The molecule has 2 rings (SSSR count). The molecule has 4 heteroatoms. The molecule has 0 aliphatic rings. The van der Waals surface area contributed by atoms with Crippen molar-refractivity contribution in [2.24, 2.45) is 0 Å². The van der Waals surface area contributed by atoms with Crippen molar-refractivity contribution in [3.8, 4) is 5.75 Å². The summed E-state index contributed by atoms with van der Waals surface area (Å²) in [6.07, 6.45) is 0.800. The SMILES string of the molecule is O=Cc1cccc(Br)c1OCc1cccs1. The third kappa shape index (κ3) is 2.51. The molecule has 0 spiro atoms. The van der Waals surface area contributed by atoms with Crippen LogP contribution in [0.3, 0.4) is 0 Å². The summed E-state index contributed by atoms with van der Waals surface area (Å²) in [5.74, 6) is 0.603. The lowest BCUT2D eigenvalue weighted by Crippen LogP contribution is -1.97. The van der Waals surface area contributed by atoms with Gasteiger partial charge in [0.1, 0.15) is 12.4 Å². The Morgan fingerprint density at radius 1 is 1.31 bits per heavy atom. The number of carbonyl (C=O) groups excluding carboxylic acids is 1. The third-order valence-corrected chi connectivity index (χ3v) is 3.54. The van der Waals surface area contributed by atoms with Crippen molar-refractivity contribution < 1.29 is 9.53 Å². The van der Waals surface area contributed by atoms with Gasteiger partial charge in [-0.1, -0.05) is 12.1 Å². The molecule has 0 aliphatic carbocycles. The van der Waals surface area contributed by atoms with Crippen molar-refractivity contribution >= 4 is 33.6 Å². The molecule has 0 saturated carbocycles. The Bertz CT molecular complexity index is 480. The molecule has 0 bridgehead atoms. The molecule has 0 unspecified atom stereocenters. The summed E-state index contributed by atoms with van der Waals surface area (Å²) in [6.45, 7) is 0.487. The van der Waals surface area contributed by atoms with Gasteiger partial charge in [-0.3, -0.25) is 4.79 Å². The van der Waals surface area contributed by atoms with E-state index in [0.717, 1.165) is 15.6 Å². The molecule has 16 heavy (non-hydrogen) atoms. The highest BCUT2D eigenvalue weighted by Gasteiger charge is 2.07. The summed E-state index contributed by atoms with van der Waals surface area (Å²) >= 11 is 5.00. The number of rotatable bonds is 4. The van der Waals surface area contributed by atoms with Gasteiger partial charge in [0, 0.05) is 4.88 Å². The molecule has 82 valence electrons. The first-order valence-electron chi connectivity index (χ1n) is 4.70. The number of hydrogen-bond donors (Lipinski definition) is 0. The highest BCUT2D eigenvalue weighted by molar-refractivity contribution is 9.10. The third-order valence-electron chi connectivity index (χ3n) is 2.06. The maximum absolute atomic E-state index is 10.8. The zero-order chi connectivity index (χ0) is 11.4. The van der Waals surface area contributed by atoms with E-state index in [-0.39, 0.29) is 0 Å². The average molecular weight is 297 g/mol. The first kappa shape index (κ1) is 11.4. The van der Waals surface area contributed by atoms with Crippen LogP contribution in [0.2, 0.25) is 0 Å². The second-order valence-electron chi connectivity index (χ2n) is 3.14. The number of para-hydroxylation sites is 1. The van der Waals surface area contributed by atoms with Crippen molar-refractivity contribution in [3.63, 3.8) is 0 Å². The number of benzene rings is 1. The van der Waals surface area contributed by atoms with Crippen LogP contribution < -0.4 is 4.74 Å². The molecule has 0 amide bonds. The highest BCUT2D eigenvalue weighted by Crippen LogP contribution is 2.29. The Morgan fingerprint density at radius 3 is 2.88 bits per heavy atom. The van der Waals surface area contributed by atoms with Crippen LogP contribution in [0.1, 0.15) is 15.2 Å². The number of halogens is 1. The largest absolute Gasteiger partial charge is 0.486 e. The highest BCUT2D eigenvalue weighted by atomic mass is 79.9. The number of carbonyl (C=O) groups is 1. The summed E-state index contributed by atoms with van der Waals surface area (Å²) < 4.78 is 6.44. The van der Waals surface area contributed by atoms with Gasteiger partial charge in [0.15, 0.2) is 6.29 Å². The van der Waals surface area contributed by atoms with E-state index in [1.807, 2.05) is 29.6 Å². The van der Waals surface area contributed by atoms with Crippen LogP contribution in [-0.2, 0) is 6.61 Å². The maximum Gasteiger partial charge on any atom is 0.153 e. The number of thiophene rings is 1. The van der Waals surface area contributed by atoms with E-state index in [4.69, 9.17) is 4.74 Å². The molecule has 0 radical (unpaired) electrons. The Hall–Kier alpha value is -1.13. The van der Waals surface area contributed by atoms with Gasteiger partial charge in [-0.05, 0) is 39.5 Å². The van der Waals surface area contributed by atoms with E-state index in [1.165, 1.54) is 0 Å². The topological polar surface area (TPSA) is 26.3 Å². The van der Waals surface area contributed by atoms with Crippen LogP contribution in [0, 0.1) is 0 Å². The fraction of sp³-hybridized carbons (Fsp3) is 0.0833. The van der Waals surface area contributed by atoms with E-state index in [9.17, 15) is 4.79 Å². The maximum atomic E-state index is 10.8. The number of hydrogen-bond acceptors (Lipinski definition) is 3. The average Bonchev–Trinajstić information content (AvgIpc) is 2.80. The first-order chi connectivity index (χ1) is 7.81. The molecular formula is C12H9BrO2S. The Balaban J connectivity index is 2.17. The van der Waals surface area contributed by atoms with Gasteiger partial charge in [0.2, 0.25) is 0 Å². The molecule has 1 heterocycles. The van der Waals surface area contributed by atoms with Gasteiger partial charge in [-0.15, -0.1) is 11.3 Å². The van der Waals surface area contributed by atoms with Crippen LogP contribution in [0.15, 0.2) is 40.2 Å². The predicted molar refractivity (Wildman–Crippen MR) is 68.2 cm³/mol. The molecular weight excluding hydrogens is 288 g/mol. The summed E-state index contributed by atoms with van der Waals surface area (Å²) in [6, 6.07) is 9.39. The van der Waals surface area contributed by atoms with Crippen molar-refractivity contribution in [2.75, 3.05) is 0 Å². The van der Waals surface area contributed by atoms with Gasteiger partial charge in [-0.25, -0.2) is 0 Å². The van der Waals surface area contributed by atoms with Crippen molar-refractivity contribution in [1.29, 1.82) is 0 Å². The predicted octanol–water partition coefficient (Wildman–Crippen LogP) is 3.90. The number of ether oxygens (including phenoxy) is 1. The van der Waals surface area contributed by atoms with Crippen molar-refractivity contribution in [2.45, 2.75) is 6.61 Å². The van der Waals surface area contributed by atoms with Crippen LogP contribution >= 0.6 is 27.3 Å². The summed E-state index contributed by atoms with van der Waals surface area (Å²) in [5, 5.41) is 2.00. The van der Waals surface area contributed by atoms with E-state index in [0.29, 0.717) is 17.9 Å². The minimum absolute atomic E-state index is 0.487. The van der Waals surface area contributed by atoms with Crippen LogP contribution in [0.5, 0.6) is 5.75 Å². The van der Waals surface area contributed by atoms with Crippen LogP contribution in [0.25, 0.3) is 0 Å². The second kappa shape index (κ2) is 5.27. The lowest BCUT2D eigenvalue weighted by Gasteiger charge is -2.08. The Morgan fingerprint density at radius 2 is 2.19 bits per heavy atom. The quantitative estimate of drug-likeness (QED) is 0.800. The van der Waals surface area contributed by atoms with Crippen LogP contribution in [-0.4, -0.2) is 6.29 Å². The summed E-state index contributed by atoms with van der Waals surface area (Å²) in [5.41, 5.74) is 0.561. The van der Waals surface area contributed by atoms with Crippen molar-refractivity contribution in [3.05, 3.63) is 50.6 Å². The molecule has 0 atom stereocenters. The van der Waals surface area contributed by atoms with Gasteiger partial charge < -0.3 is 4.74 Å². The fourth-order valence-electron chi connectivity index (χ4n) is 1.31. The van der Waals surface area contributed by atoms with E-state index in [2.05, 4.69) is 15.9 Å². The molecule has 1 aromatic carbocycles. The Kier molecular flexibility index (Phi) is 3.74. The molecule has 0 N–H and O–H groups in total. The molecule has 2 nitrogen and oxygen atoms in total. The fourth-order valence-corrected chi connectivity index (χ4v) is 2.42. The molecule has 2 aromatic rings. The van der Waals surface area contributed by atoms with Gasteiger partial charge >= 0.3 is 0 Å². The minimum Gasteiger partial charge on any atom is -0.486 e. The van der Waals surface area contributed by atoms with Crippen LogP contribution in [0.4, 0.5) is 0 Å². The summed E-state index contributed by atoms with van der Waals surface area (Å²) in [4.78, 5) is 12.0. The van der Waals surface area contributed by atoms with Gasteiger partial charge in [0.05, 0.1) is 10.0 Å². The standard InChI is InChI=1S/C12H9BrO2S/c13-11-5-1-3-9(7-14)12(11)15-8-10-4-2-6-16-10/h1-7H,8H2. The smallest absolute Gasteiger partial charge is 0.153 e. The molecule has 0 saturated heterocycles. The van der Waals surface area contributed by atoms with Gasteiger partial charge in [-0.2, -0.15) is 0 Å². The van der Waals surface area contributed by atoms with Gasteiger partial charge in [0.25, 0.3) is 0 Å². The van der Waals surface area contributed by atoms with E-state index >= 15 is 0 Å². The zero-order valence-electron chi connectivity index (χ0n) is 8.35. The molecule has 1 aromatic heterocycles. The zero-order valence-corrected chi connectivity index (χ0v) is 10.8. The number of aldehydes is 1. The molecule has 0 aliphatic heterocycles. The monoisotopic (exact) mass is 296 g/mol. The second-order valence-corrected chi connectivity index (χ2v) is 5.03. The normalized spacial score (nSPS) is 10.1. The van der Waals surface area contributed by atoms with E-state index in [1.54, 1.807) is 17.4 Å². The van der Waals surface area contributed by atoms with E-state index < -0.39 is 0 Å².